The summed E-state index contributed by atoms with van der Waals surface area (Å²) in [6.45, 7) is 0.730. The Bertz CT molecular complexity index is 1060. The predicted molar refractivity (Wildman–Crippen MR) is 94.4 cm³/mol. The van der Waals surface area contributed by atoms with E-state index in [0.29, 0.717) is 23.6 Å². The third-order valence-electron chi connectivity index (χ3n) is 4.78. The van der Waals surface area contributed by atoms with E-state index < -0.39 is 6.09 Å². The number of fused-ring (bicyclic) bond motifs is 6. The second-order valence-corrected chi connectivity index (χ2v) is 6.49. The first-order valence-electron chi connectivity index (χ1n) is 8.75. The first kappa shape index (κ1) is 15.7. The molecular formula is C18H16N6O3. The number of aryl methyl sites for hydroxylation is 1. The number of rotatable bonds is 0. The minimum Gasteiger partial charge on any atom is -0.446 e. The molecule has 3 aromatic heterocycles. The average molecular weight is 364 g/mol. The molecule has 1 fully saturated rings. The minimum atomic E-state index is -0.485. The van der Waals surface area contributed by atoms with Crippen molar-refractivity contribution in [2.75, 3.05) is 18.1 Å². The van der Waals surface area contributed by atoms with Crippen LogP contribution in [-0.4, -0.2) is 44.7 Å². The molecule has 136 valence electrons. The number of aromatic nitrogens is 4. The highest BCUT2D eigenvalue weighted by Gasteiger charge is 2.37. The van der Waals surface area contributed by atoms with Gasteiger partial charge in [-0.15, -0.1) is 0 Å². The molecule has 1 atom stereocenters. The van der Waals surface area contributed by atoms with Crippen LogP contribution in [0.25, 0.3) is 5.65 Å². The highest BCUT2D eigenvalue weighted by molar-refractivity contribution is 6.00. The molecule has 0 saturated carbocycles. The van der Waals surface area contributed by atoms with E-state index in [1.165, 1.54) is 15.6 Å². The number of anilines is 1. The molecule has 1 N–H and O–H groups in total. The van der Waals surface area contributed by atoms with Crippen molar-refractivity contribution in [2.45, 2.75) is 18.9 Å². The number of carbonyl (C=O) groups is 2. The van der Waals surface area contributed by atoms with Crippen LogP contribution >= 0.6 is 0 Å². The van der Waals surface area contributed by atoms with Crippen molar-refractivity contribution >= 4 is 23.5 Å². The molecule has 4 bridgehead atoms. The second-order valence-electron chi connectivity index (χ2n) is 6.49. The summed E-state index contributed by atoms with van der Waals surface area (Å²) in [6, 6.07) is 7.07. The van der Waals surface area contributed by atoms with E-state index in [0.717, 1.165) is 24.2 Å². The molecule has 5 rings (SSSR count). The van der Waals surface area contributed by atoms with Crippen molar-refractivity contribution in [3.05, 3.63) is 53.6 Å². The molecule has 2 aliphatic rings. The highest BCUT2D eigenvalue weighted by Crippen LogP contribution is 2.31. The summed E-state index contributed by atoms with van der Waals surface area (Å²) in [7, 11) is 0. The van der Waals surface area contributed by atoms with Crippen LogP contribution in [0.3, 0.4) is 0 Å². The van der Waals surface area contributed by atoms with Crippen molar-refractivity contribution in [2.24, 2.45) is 0 Å². The summed E-state index contributed by atoms with van der Waals surface area (Å²) >= 11 is 0. The number of ether oxygens (including phenoxy) is 1. The lowest BCUT2D eigenvalue weighted by Gasteiger charge is -2.20. The van der Waals surface area contributed by atoms with Gasteiger partial charge in [0.15, 0.2) is 5.65 Å². The van der Waals surface area contributed by atoms with Crippen LogP contribution in [0.2, 0.25) is 0 Å². The second kappa shape index (κ2) is 6.04. The summed E-state index contributed by atoms with van der Waals surface area (Å²) in [4.78, 5) is 35.6. The lowest BCUT2D eigenvalue weighted by Crippen LogP contribution is -2.29. The van der Waals surface area contributed by atoms with Crippen molar-refractivity contribution in [1.29, 1.82) is 0 Å². The van der Waals surface area contributed by atoms with Crippen LogP contribution in [0, 0.1) is 0 Å². The molecule has 2 aliphatic heterocycles. The predicted octanol–water partition coefficient (Wildman–Crippen LogP) is 1.50. The number of pyridine rings is 1. The fourth-order valence-electron chi connectivity index (χ4n) is 3.44. The van der Waals surface area contributed by atoms with Gasteiger partial charge in [0, 0.05) is 18.4 Å². The minimum absolute atomic E-state index is 0.203. The van der Waals surface area contributed by atoms with Gasteiger partial charge in [0.05, 0.1) is 11.9 Å². The zero-order valence-corrected chi connectivity index (χ0v) is 14.3. The number of carbonyl (C=O) groups excluding carboxylic acids is 2. The quantitative estimate of drug-likeness (QED) is 0.649. The Hall–Kier alpha value is -3.49. The Labute approximate surface area is 154 Å². The van der Waals surface area contributed by atoms with Crippen LogP contribution in [-0.2, 0) is 11.2 Å². The molecule has 0 unspecified atom stereocenters. The first-order valence-corrected chi connectivity index (χ1v) is 8.75. The standard InChI is InChI=1S/C18H16N6O3/c25-17-12-9-20-23-8-6-15(22-16(12)23)24-14(10-27-18(24)26)13-5-1-3-11(21-13)4-2-7-19-17/h1,3,5-6,8-9,14H,2,4,7,10H2,(H,19,25)/t14-/m1/s1. The van der Waals surface area contributed by atoms with E-state index in [4.69, 9.17) is 9.72 Å². The Kier molecular flexibility index (Phi) is 3.52. The molecule has 0 aromatic carbocycles. The Morgan fingerprint density at radius 2 is 2.11 bits per heavy atom. The number of hydrogen-bond donors (Lipinski definition) is 1. The zero-order chi connectivity index (χ0) is 18.4. The fraction of sp³-hybridized carbons (Fsp3) is 0.278. The molecule has 27 heavy (non-hydrogen) atoms. The van der Waals surface area contributed by atoms with Gasteiger partial charge in [-0.2, -0.15) is 5.10 Å². The lowest BCUT2D eigenvalue weighted by molar-refractivity contribution is 0.0954. The third kappa shape index (κ3) is 2.59. The molecule has 9 nitrogen and oxygen atoms in total. The van der Waals surface area contributed by atoms with E-state index in [1.807, 2.05) is 18.2 Å². The summed E-state index contributed by atoms with van der Waals surface area (Å²) in [5.74, 6) is 0.155. The van der Waals surface area contributed by atoms with Crippen molar-refractivity contribution in [1.82, 2.24) is 24.9 Å². The van der Waals surface area contributed by atoms with E-state index >= 15 is 0 Å². The molecule has 0 radical (unpaired) electrons. The number of cyclic esters (lactones) is 1. The van der Waals surface area contributed by atoms with Crippen molar-refractivity contribution in [3.8, 4) is 0 Å². The maximum absolute atomic E-state index is 12.5. The van der Waals surface area contributed by atoms with Gasteiger partial charge in [-0.3, -0.25) is 9.78 Å². The molecule has 1 saturated heterocycles. The van der Waals surface area contributed by atoms with Crippen molar-refractivity contribution in [3.63, 3.8) is 0 Å². The largest absolute Gasteiger partial charge is 0.446 e. The van der Waals surface area contributed by atoms with Gasteiger partial charge in [-0.25, -0.2) is 19.2 Å². The van der Waals surface area contributed by atoms with Crippen LogP contribution in [0.1, 0.15) is 34.2 Å². The normalized spacial score (nSPS) is 19.6. The van der Waals surface area contributed by atoms with Crippen LogP contribution in [0.5, 0.6) is 0 Å². The van der Waals surface area contributed by atoms with Crippen LogP contribution in [0.15, 0.2) is 36.7 Å². The smallest absolute Gasteiger partial charge is 0.416 e. The third-order valence-corrected chi connectivity index (χ3v) is 4.78. The Balaban J connectivity index is 1.68. The first-order chi connectivity index (χ1) is 13.2. The topological polar surface area (TPSA) is 102 Å². The molecule has 3 aromatic rings. The van der Waals surface area contributed by atoms with Crippen LogP contribution in [0.4, 0.5) is 10.6 Å². The summed E-state index contributed by atoms with van der Waals surface area (Å²) in [5, 5.41) is 7.06. The molecule has 9 heteroatoms. The van der Waals surface area contributed by atoms with Crippen LogP contribution < -0.4 is 10.2 Å². The van der Waals surface area contributed by atoms with E-state index in [2.05, 4.69) is 15.4 Å². The number of amides is 2. The van der Waals surface area contributed by atoms with Crippen molar-refractivity contribution < 1.29 is 14.3 Å². The van der Waals surface area contributed by atoms with E-state index in [-0.39, 0.29) is 18.6 Å². The Morgan fingerprint density at radius 1 is 1.19 bits per heavy atom. The van der Waals surface area contributed by atoms with Gasteiger partial charge in [-0.1, -0.05) is 6.07 Å². The monoisotopic (exact) mass is 364 g/mol. The van der Waals surface area contributed by atoms with Gasteiger partial charge < -0.3 is 10.1 Å². The molecule has 5 heterocycles. The lowest BCUT2D eigenvalue weighted by atomic mass is 10.1. The van der Waals surface area contributed by atoms with Gasteiger partial charge in [0.25, 0.3) is 5.91 Å². The molecule has 0 aliphatic carbocycles. The Morgan fingerprint density at radius 3 is 3.04 bits per heavy atom. The number of hydrogen-bond acceptors (Lipinski definition) is 6. The van der Waals surface area contributed by atoms with Gasteiger partial charge in [0.1, 0.15) is 24.0 Å². The fourth-order valence-corrected chi connectivity index (χ4v) is 3.44. The zero-order valence-electron chi connectivity index (χ0n) is 14.3. The highest BCUT2D eigenvalue weighted by atomic mass is 16.6. The van der Waals surface area contributed by atoms with Gasteiger partial charge in [-0.05, 0) is 31.0 Å². The molecule has 2 amide bonds. The van der Waals surface area contributed by atoms with E-state index in [9.17, 15) is 9.59 Å². The van der Waals surface area contributed by atoms with E-state index in [1.54, 1.807) is 12.3 Å². The average Bonchev–Trinajstić information content (AvgIpc) is 3.27. The molecule has 0 spiro atoms. The SMILES string of the molecule is O=C1NCCCc2cccc(n2)[C@H]2COC(=O)N2c2ccn3ncc1c3n2. The summed E-state index contributed by atoms with van der Waals surface area (Å²) in [6.07, 6.45) is 4.15. The molecular weight excluding hydrogens is 348 g/mol. The number of nitrogens with zero attached hydrogens (tertiary/aromatic N) is 5. The summed E-state index contributed by atoms with van der Waals surface area (Å²) < 4.78 is 6.79. The van der Waals surface area contributed by atoms with Gasteiger partial charge >= 0.3 is 6.09 Å². The van der Waals surface area contributed by atoms with Gasteiger partial charge in [0.2, 0.25) is 0 Å². The maximum Gasteiger partial charge on any atom is 0.416 e. The maximum atomic E-state index is 12.5. The summed E-state index contributed by atoms with van der Waals surface area (Å²) in [5.41, 5.74) is 2.43. The number of nitrogens with one attached hydrogen (secondary N) is 1.